The molecule has 5 heteroatoms. The van der Waals surface area contributed by atoms with Crippen molar-refractivity contribution in [3.05, 3.63) is 112 Å². The molecule has 0 aliphatic carbocycles. The normalized spacial score (nSPS) is 15.7. The lowest BCUT2D eigenvalue weighted by Gasteiger charge is -2.38. The second-order valence-corrected chi connectivity index (χ2v) is 10.7. The van der Waals surface area contributed by atoms with Gasteiger partial charge in [-0.05, 0) is 80.9 Å². The summed E-state index contributed by atoms with van der Waals surface area (Å²) >= 11 is 1.66. The molecule has 0 bridgehead atoms. The number of hydrogen-bond acceptors (Lipinski definition) is 4. The van der Waals surface area contributed by atoms with Crippen LogP contribution in [-0.4, -0.2) is 23.9 Å². The van der Waals surface area contributed by atoms with Crippen LogP contribution < -0.4 is 5.32 Å². The van der Waals surface area contributed by atoms with E-state index in [1.165, 1.54) is 46.2 Å². The van der Waals surface area contributed by atoms with E-state index in [1.807, 2.05) is 0 Å². The Morgan fingerprint density at radius 2 is 1.69 bits per heavy atom. The molecule has 1 amide bonds. The number of aryl methyl sites for hydroxylation is 1. The Bertz CT molecular complexity index is 1240. The lowest BCUT2D eigenvalue weighted by molar-refractivity contribution is 0.0996. The third-order valence-electron chi connectivity index (χ3n) is 7.17. The van der Waals surface area contributed by atoms with Crippen molar-refractivity contribution < 1.29 is 9.21 Å². The van der Waals surface area contributed by atoms with E-state index in [0.717, 1.165) is 24.5 Å². The van der Waals surface area contributed by atoms with Crippen molar-refractivity contribution in [3.8, 4) is 0 Å². The van der Waals surface area contributed by atoms with Crippen molar-refractivity contribution >= 4 is 22.2 Å². The molecule has 180 valence electrons. The number of nitrogens with one attached hydrogen (secondary N) is 1. The highest BCUT2D eigenvalue weighted by Gasteiger charge is 2.32. The zero-order chi connectivity index (χ0) is 24.2. The summed E-state index contributed by atoms with van der Waals surface area (Å²) in [6.07, 6.45) is 5.03. The van der Waals surface area contributed by atoms with Crippen LogP contribution in [0.25, 0.3) is 0 Å². The number of nitrogens with zero attached hydrogens (tertiary/aromatic N) is 1. The minimum absolute atomic E-state index is 0.103. The van der Waals surface area contributed by atoms with Crippen LogP contribution in [-0.2, 0) is 6.42 Å². The average molecular weight is 485 g/mol. The van der Waals surface area contributed by atoms with E-state index >= 15 is 0 Å². The summed E-state index contributed by atoms with van der Waals surface area (Å²) < 4.78 is 5.35. The highest BCUT2D eigenvalue weighted by atomic mass is 32.1. The first-order valence-electron chi connectivity index (χ1n) is 12.4. The SMILES string of the molecule is Cc1sc(NC(=O)c2ccco2)c([C@H](c2ccccc2)N2CCC(Cc3ccccc3)CC2)c1C. The van der Waals surface area contributed by atoms with Crippen LogP contribution in [0.15, 0.2) is 83.5 Å². The molecule has 0 unspecified atom stereocenters. The van der Waals surface area contributed by atoms with Gasteiger partial charge in [-0.15, -0.1) is 11.3 Å². The fraction of sp³-hybridized carbons (Fsp3) is 0.300. The van der Waals surface area contributed by atoms with Gasteiger partial charge in [0, 0.05) is 10.4 Å². The van der Waals surface area contributed by atoms with Crippen molar-refractivity contribution in [2.75, 3.05) is 18.4 Å². The standard InChI is InChI=1S/C30H32N2O2S/c1-21-22(2)35-30(31-29(33)26-14-9-19-34-26)27(21)28(25-12-7-4-8-13-25)32-17-15-24(16-18-32)20-23-10-5-3-6-11-23/h3-14,19,24,28H,15-18,20H2,1-2H3,(H,31,33)/t28-/m0/s1. The molecule has 1 aliphatic heterocycles. The van der Waals surface area contributed by atoms with E-state index in [2.05, 4.69) is 84.7 Å². The summed E-state index contributed by atoms with van der Waals surface area (Å²) in [5.41, 5.74) is 5.16. The van der Waals surface area contributed by atoms with Gasteiger partial charge in [0.25, 0.3) is 5.91 Å². The maximum Gasteiger partial charge on any atom is 0.291 e. The van der Waals surface area contributed by atoms with E-state index in [-0.39, 0.29) is 11.9 Å². The Labute approximate surface area is 211 Å². The fourth-order valence-electron chi connectivity index (χ4n) is 5.20. The molecule has 0 saturated carbocycles. The number of amides is 1. The van der Waals surface area contributed by atoms with Crippen LogP contribution in [0.3, 0.4) is 0 Å². The number of carbonyl (C=O) groups is 1. The lowest BCUT2D eigenvalue weighted by atomic mass is 9.87. The molecule has 1 N–H and O–H groups in total. The molecule has 0 radical (unpaired) electrons. The first-order valence-corrected chi connectivity index (χ1v) is 13.2. The number of furan rings is 1. The third-order valence-corrected chi connectivity index (χ3v) is 8.31. The number of benzene rings is 2. The highest BCUT2D eigenvalue weighted by molar-refractivity contribution is 7.16. The van der Waals surface area contributed by atoms with Gasteiger partial charge >= 0.3 is 0 Å². The number of carbonyl (C=O) groups excluding carboxylic acids is 1. The molecule has 1 fully saturated rings. The first-order chi connectivity index (χ1) is 17.1. The molecular weight excluding hydrogens is 452 g/mol. The number of likely N-dealkylation sites (tertiary alicyclic amines) is 1. The van der Waals surface area contributed by atoms with Crippen LogP contribution in [0.1, 0.15) is 56.6 Å². The number of hydrogen-bond donors (Lipinski definition) is 1. The number of anilines is 1. The molecule has 4 nitrogen and oxygen atoms in total. The first kappa shape index (κ1) is 23.6. The highest BCUT2D eigenvalue weighted by Crippen LogP contribution is 2.43. The maximum atomic E-state index is 12.9. The second kappa shape index (κ2) is 10.6. The van der Waals surface area contributed by atoms with Crippen molar-refractivity contribution in [2.24, 2.45) is 5.92 Å². The molecule has 0 spiro atoms. The van der Waals surface area contributed by atoms with Gasteiger partial charge in [-0.2, -0.15) is 0 Å². The maximum absolute atomic E-state index is 12.9. The van der Waals surface area contributed by atoms with E-state index in [9.17, 15) is 4.79 Å². The molecule has 1 saturated heterocycles. The Balaban J connectivity index is 1.42. The van der Waals surface area contributed by atoms with Gasteiger partial charge in [-0.1, -0.05) is 60.7 Å². The van der Waals surface area contributed by atoms with E-state index in [4.69, 9.17) is 4.42 Å². The molecular formula is C30H32N2O2S. The zero-order valence-corrected chi connectivity index (χ0v) is 21.2. The van der Waals surface area contributed by atoms with Crippen LogP contribution >= 0.6 is 11.3 Å². The van der Waals surface area contributed by atoms with Crippen molar-refractivity contribution in [3.63, 3.8) is 0 Å². The van der Waals surface area contributed by atoms with Gasteiger partial charge in [0.15, 0.2) is 5.76 Å². The number of piperidine rings is 1. The summed E-state index contributed by atoms with van der Waals surface area (Å²) in [5.74, 6) is 0.831. The van der Waals surface area contributed by atoms with Gasteiger partial charge in [-0.25, -0.2) is 0 Å². The average Bonchev–Trinajstić information content (AvgIpc) is 3.52. The second-order valence-electron chi connectivity index (χ2n) is 9.44. The van der Waals surface area contributed by atoms with Crippen molar-refractivity contribution in [2.45, 2.75) is 39.2 Å². The largest absolute Gasteiger partial charge is 0.459 e. The summed E-state index contributed by atoms with van der Waals surface area (Å²) in [4.78, 5) is 16.7. The van der Waals surface area contributed by atoms with Gasteiger partial charge < -0.3 is 9.73 Å². The molecule has 1 atom stereocenters. The molecule has 2 aromatic carbocycles. The minimum atomic E-state index is -0.203. The van der Waals surface area contributed by atoms with Gasteiger partial charge in [0.05, 0.1) is 12.3 Å². The Hall–Kier alpha value is -3.15. The molecule has 35 heavy (non-hydrogen) atoms. The Morgan fingerprint density at radius 1 is 1.00 bits per heavy atom. The molecule has 3 heterocycles. The van der Waals surface area contributed by atoms with E-state index < -0.39 is 0 Å². The van der Waals surface area contributed by atoms with Crippen LogP contribution in [0.4, 0.5) is 5.00 Å². The number of rotatable bonds is 7. The van der Waals surface area contributed by atoms with Crippen LogP contribution in [0.2, 0.25) is 0 Å². The van der Waals surface area contributed by atoms with Gasteiger partial charge in [-0.3, -0.25) is 9.69 Å². The quantitative estimate of drug-likeness (QED) is 0.300. The minimum Gasteiger partial charge on any atom is -0.459 e. The fourth-order valence-corrected chi connectivity index (χ4v) is 6.28. The predicted octanol–water partition coefficient (Wildman–Crippen LogP) is 7.25. The monoisotopic (exact) mass is 484 g/mol. The topological polar surface area (TPSA) is 45.5 Å². The summed E-state index contributed by atoms with van der Waals surface area (Å²) in [6.45, 7) is 6.40. The van der Waals surface area contributed by atoms with Gasteiger partial charge in [0.1, 0.15) is 5.00 Å². The predicted molar refractivity (Wildman–Crippen MR) is 143 cm³/mol. The summed E-state index contributed by atoms with van der Waals surface area (Å²) in [5, 5.41) is 4.08. The lowest BCUT2D eigenvalue weighted by Crippen LogP contribution is -2.38. The van der Waals surface area contributed by atoms with Crippen molar-refractivity contribution in [1.29, 1.82) is 0 Å². The smallest absolute Gasteiger partial charge is 0.291 e. The van der Waals surface area contributed by atoms with Crippen LogP contribution in [0, 0.1) is 19.8 Å². The number of thiophene rings is 1. The van der Waals surface area contributed by atoms with Crippen molar-refractivity contribution in [1.82, 2.24) is 4.90 Å². The molecule has 4 aromatic rings. The molecule has 5 rings (SSSR count). The van der Waals surface area contributed by atoms with Crippen LogP contribution in [0.5, 0.6) is 0 Å². The summed E-state index contributed by atoms with van der Waals surface area (Å²) in [7, 11) is 0. The molecule has 2 aromatic heterocycles. The zero-order valence-electron chi connectivity index (χ0n) is 20.4. The van der Waals surface area contributed by atoms with E-state index in [0.29, 0.717) is 11.7 Å². The van der Waals surface area contributed by atoms with E-state index in [1.54, 1.807) is 23.5 Å². The Morgan fingerprint density at radius 3 is 2.34 bits per heavy atom. The Kier molecular flexibility index (Phi) is 7.16. The van der Waals surface area contributed by atoms with Gasteiger partial charge in [0.2, 0.25) is 0 Å². The third kappa shape index (κ3) is 5.26. The molecule has 1 aliphatic rings. The summed E-state index contributed by atoms with van der Waals surface area (Å²) in [6, 6.07) is 25.1.